The summed E-state index contributed by atoms with van der Waals surface area (Å²) in [6, 6.07) is 19.0. The summed E-state index contributed by atoms with van der Waals surface area (Å²) in [5, 5.41) is 4.67. The van der Waals surface area contributed by atoms with Crippen molar-refractivity contribution in [2.75, 3.05) is 0 Å². The molecule has 0 fully saturated rings. The first-order valence-electron chi connectivity index (χ1n) is 6.46. The van der Waals surface area contributed by atoms with Gasteiger partial charge in [-0.3, -0.25) is 0 Å². The van der Waals surface area contributed by atoms with E-state index in [1.165, 1.54) is 10.3 Å². The second-order valence-corrected chi connectivity index (χ2v) is 5.67. The third kappa shape index (κ3) is 2.83. The molecule has 3 rings (SSSR count). The number of hydrogen-bond acceptors (Lipinski definition) is 3. The van der Waals surface area contributed by atoms with E-state index in [0.717, 1.165) is 17.1 Å². The van der Waals surface area contributed by atoms with Crippen LogP contribution in [-0.2, 0) is 6.54 Å². The van der Waals surface area contributed by atoms with Crippen LogP contribution < -0.4 is 5.32 Å². The van der Waals surface area contributed by atoms with Crippen LogP contribution in [0.5, 0.6) is 0 Å². The molecule has 0 aliphatic carbocycles. The Morgan fingerprint density at radius 2 is 1.79 bits per heavy atom. The quantitative estimate of drug-likeness (QED) is 0.769. The van der Waals surface area contributed by atoms with E-state index >= 15 is 0 Å². The van der Waals surface area contributed by atoms with E-state index in [9.17, 15) is 0 Å². The van der Waals surface area contributed by atoms with Crippen LogP contribution in [0.25, 0.3) is 10.2 Å². The number of benzene rings is 2. The lowest BCUT2D eigenvalue weighted by Crippen LogP contribution is -2.17. The molecule has 1 heterocycles. The highest BCUT2D eigenvalue weighted by atomic mass is 32.1. The molecule has 0 amide bonds. The largest absolute Gasteiger partial charge is 0.304 e. The highest BCUT2D eigenvalue weighted by Gasteiger charge is 2.10. The highest BCUT2D eigenvalue weighted by Crippen LogP contribution is 2.26. The maximum absolute atomic E-state index is 4.68. The first-order chi connectivity index (χ1) is 9.33. The highest BCUT2D eigenvalue weighted by molar-refractivity contribution is 7.18. The maximum Gasteiger partial charge on any atom is 0.111 e. The number of fused-ring (bicyclic) bond motifs is 1. The lowest BCUT2D eigenvalue weighted by atomic mass is 10.2. The molecular weight excluding hydrogens is 252 g/mol. The summed E-state index contributed by atoms with van der Waals surface area (Å²) in [6.07, 6.45) is 0. The molecule has 0 spiro atoms. The van der Waals surface area contributed by atoms with Crippen molar-refractivity contribution >= 4 is 21.6 Å². The van der Waals surface area contributed by atoms with Gasteiger partial charge < -0.3 is 5.32 Å². The molecule has 1 unspecified atom stereocenters. The van der Waals surface area contributed by atoms with E-state index in [4.69, 9.17) is 0 Å². The minimum absolute atomic E-state index is 0.276. The van der Waals surface area contributed by atoms with Gasteiger partial charge in [0.25, 0.3) is 0 Å². The Morgan fingerprint density at radius 3 is 2.58 bits per heavy atom. The molecule has 2 aromatic carbocycles. The van der Waals surface area contributed by atoms with Gasteiger partial charge in [0.15, 0.2) is 0 Å². The topological polar surface area (TPSA) is 24.9 Å². The standard InChI is InChI=1S/C16H16N2S/c1-12(17-11-13-7-3-2-4-8-13)16-18-14-9-5-6-10-15(14)19-16/h2-10,12,17H,11H2,1H3. The number of thiazole rings is 1. The number of aromatic nitrogens is 1. The Morgan fingerprint density at radius 1 is 1.05 bits per heavy atom. The normalized spacial score (nSPS) is 12.7. The monoisotopic (exact) mass is 268 g/mol. The van der Waals surface area contributed by atoms with Gasteiger partial charge in [-0.1, -0.05) is 42.5 Å². The molecule has 19 heavy (non-hydrogen) atoms. The van der Waals surface area contributed by atoms with Crippen LogP contribution in [0.2, 0.25) is 0 Å². The number of hydrogen-bond donors (Lipinski definition) is 1. The molecule has 0 saturated heterocycles. The van der Waals surface area contributed by atoms with Gasteiger partial charge in [0.1, 0.15) is 5.01 Å². The van der Waals surface area contributed by atoms with E-state index in [0.29, 0.717) is 0 Å². The summed E-state index contributed by atoms with van der Waals surface area (Å²) < 4.78 is 1.26. The lowest BCUT2D eigenvalue weighted by molar-refractivity contribution is 0.573. The molecule has 96 valence electrons. The summed E-state index contributed by atoms with van der Waals surface area (Å²) in [7, 11) is 0. The summed E-state index contributed by atoms with van der Waals surface area (Å²) in [4.78, 5) is 4.68. The fourth-order valence-electron chi connectivity index (χ4n) is 2.03. The van der Waals surface area contributed by atoms with Crippen molar-refractivity contribution in [1.29, 1.82) is 0 Å². The average Bonchev–Trinajstić information content (AvgIpc) is 2.90. The number of para-hydroxylation sites is 1. The van der Waals surface area contributed by atoms with Crippen molar-refractivity contribution in [2.45, 2.75) is 19.5 Å². The van der Waals surface area contributed by atoms with Crippen LogP contribution >= 0.6 is 11.3 Å². The van der Waals surface area contributed by atoms with Gasteiger partial charge in [-0.25, -0.2) is 4.98 Å². The van der Waals surface area contributed by atoms with E-state index in [2.05, 4.69) is 59.7 Å². The zero-order valence-electron chi connectivity index (χ0n) is 10.8. The lowest BCUT2D eigenvalue weighted by Gasteiger charge is -2.10. The van der Waals surface area contributed by atoms with Gasteiger partial charge in [0.05, 0.1) is 16.3 Å². The predicted octanol–water partition coefficient (Wildman–Crippen LogP) is 4.15. The average molecular weight is 268 g/mol. The summed E-state index contributed by atoms with van der Waals surface area (Å²) in [6.45, 7) is 3.04. The Balaban J connectivity index is 1.71. The SMILES string of the molecule is CC(NCc1ccccc1)c1nc2ccccc2s1. The first kappa shape index (κ1) is 12.3. The van der Waals surface area contributed by atoms with Gasteiger partial charge >= 0.3 is 0 Å². The van der Waals surface area contributed by atoms with Crippen molar-refractivity contribution < 1.29 is 0 Å². The Labute approximate surface area is 117 Å². The fourth-order valence-corrected chi connectivity index (χ4v) is 3.02. The zero-order chi connectivity index (χ0) is 13.1. The minimum Gasteiger partial charge on any atom is -0.304 e. The van der Waals surface area contributed by atoms with Crippen LogP contribution in [0.15, 0.2) is 54.6 Å². The van der Waals surface area contributed by atoms with E-state index in [1.807, 2.05) is 12.1 Å². The van der Waals surface area contributed by atoms with Crippen LogP contribution in [0.4, 0.5) is 0 Å². The van der Waals surface area contributed by atoms with E-state index < -0.39 is 0 Å². The van der Waals surface area contributed by atoms with Gasteiger partial charge in [-0.2, -0.15) is 0 Å². The van der Waals surface area contributed by atoms with Crippen LogP contribution in [0.1, 0.15) is 23.5 Å². The van der Waals surface area contributed by atoms with Gasteiger partial charge in [0.2, 0.25) is 0 Å². The molecule has 1 aromatic heterocycles. The molecule has 0 radical (unpaired) electrons. The molecule has 1 atom stereocenters. The van der Waals surface area contributed by atoms with Gasteiger partial charge in [-0.15, -0.1) is 11.3 Å². The molecule has 0 saturated carbocycles. The molecule has 0 aliphatic heterocycles. The summed E-state index contributed by atoms with van der Waals surface area (Å²) in [5.41, 5.74) is 2.39. The Kier molecular flexibility index (Phi) is 3.58. The first-order valence-corrected chi connectivity index (χ1v) is 7.27. The molecule has 3 aromatic rings. The van der Waals surface area contributed by atoms with Crippen molar-refractivity contribution in [3.8, 4) is 0 Å². The molecule has 1 N–H and O–H groups in total. The molecule has 3 heteroatoms. The molecule has 0 bridgehead atoms. The van der Waals surface area contributed by atoms with E-state index in [1.54, 1.807) is 11.3 Å². The summed E-state index contributed by atoms with van der Waals surface area (Å²) in [5.74, 6) is 0. The van der Waals surface area contributed by atoms with Crippen molar-refractivity contribution in [1.82, 2.24) is 10.3 Å². The maximum atomic E-state index is 4.68. The third-order valence-electron chi connectivity index (χ3n) is 3.14. The third-order valence-corrected chi connectivity index (χ3v) is 4.36. The van der Waals surface area contributed by atoms with E-state index in [-0.39, 0.29) is 6.04 Å². The fraction of sp³-hybridized carbons (Fsp3) is 0.188. The number of nitrogens with zero attached hydrogens (tertiary/aromatic N) is 1. The number of nitrogens with one attached hydrogen (secondary N) is 1. The van der Waals surface area contributed by atoms with Crippen molar-refractivity contribution in [3.05, 3.63) is 65.2 Å². The Bertz CT molecular complexity index is 628. The van der Waals surface area contributed by atoms with Gasteiger partial charge in [-0.05, 0) is 24.6 Å². The minimum atomic E-state index is 0.276. The number of rotatable bonds is 4. The van der Waals surface area contributed by atoms with Crippen LogP contribution in [0.3, 0.4) is 0 Å². The van der Waals surface area contributed by atoms with Crippen LogP contribution in [-0.4, -0.2) is 4.98 Å². The predicted molar refractivity (Wildman–Crippen MR) is 81.3 cm³/mol. The second-order valence-electron chi connectivity index (χ2n) is 4.61. The molecule has 0 aliphatic rings. The second kappa shape index (κ2) is 5.51. The summed E-state index contributed by atoms with van der Waals surface area (Å²) >= 11 is 1.77. The zero-order valence-corrected chi connectivity index (χ0v) is 11.7. The smallest absolute Gasteiger partial charge is 0.111 e. The molecule has 2 nitrogen and oxygen atoms in total. The Hall–Kier alpha value is -1.71. The van der Waals surface area contributed by atoms with Crippen molar-refractivity contribution in [2.24, 2.45) is 0 Å². The van der Waals surface area contributed by atoms with Crippen molar-refractivity contribution in [3.63, 3.8) is 0 Å². The van der Waals surface area contributed by atoms with Gasteiger partial charge in [0, 0.05) is 6.54 Å². The molecular formula is C16H16N2S. The van der Waals surface area contributed by atoms with Crippen LogP contribution in [0, 0.1) is 0 Å².